The van der Waals surface area contributed by atoms with Gasteiger partial charge in [0.1, 0.15) is 30.0 Å². The van der Waals surface area contributed by atoms with Crippen LogP contribution in [0.1, 0.15) is 40.0 Å². The van der Waals surface area contributed by atoms with Crippen LogP contribution in [0.4, 0.5) is 0 Å². The van der Waals surface area contributed by atoms with Crippen molar-refractivity contribution in [2.75, 3.05) is 13.2 Å². The SMILES string of the molecule is CC1CCC2C(C)(C)C3C(O)CC4(CO4)C(O[C@@H]4O[C@H](CO)[C@@H](O)[C@H](O)[C@H]4O)C123. The van der Waals surface area contributed by atoms with Crippen molar-refractivity contribution >= 4 is 0 Å². The summed E-state index contributed by atoms with van der Waals surface area (Å²) in [5.41, 5.74) is -0.907. The molecule has 8 heteroatoms. The van der Waals surface area contributed by atoms with E-state index in [1.165, 1.54) is 0 Å². The van der Waals surface area contributed by atoms with Crippen LogP contribution in [-0.2, 0) is 14.2 Å². The first-order chi connectivity index (χ1) is 13.6. The third-order valence-electron chi connectivity index (χ3n) is 9.09. The number of hydrogen-bond acceptors (Lipinski definition) is 8. The van der Waals surface area contributed by atoms with Gasteiger partial charge in [0, 0.05) is 11.8 Å². The van der Waals surface area contributed by atoms with Gasteiger partial charge in [-0.1, -0.05) is 20.8 Å². The summed E-state index contributed by atoms with van der Waals surface area (Å²) in [6, 6.07) is 0. The molecule has 12 atom stereocenters. The average molecular weight is 414 g/mol. The van der Waals surface area contributed by atoms with Crippen molar-refractivity contribution in [1.29, 1.82) is 0 Å². The molecule has 2 heterocycles. The number of aliphatic hydroxyl groups excluding tert-OH is 5. The van der Waals surface area contributed by atoms with Crippen LogP contribution in [0.5, 0.6) is 0 Å². The summed E-state index contributed by atoms with van der Waals surface area (Å²) in [6.45, 7) is 6.65. The highest BCUT2D eigenvalue weighted by atomic mass is 16.7. The lowest BCUT2D eigenvalue weighted by Gasteiger charge is -2.72. The molecule has 7 unspecified atom stereocenters. The molecule has 166 valence electrons. The third-order valence-corrected chi connectivity index (χ3v) is 9.09. The second-order valence-corrected chi connectivity index (χ2v) is 10.7. The summed E-state index contributed by atoms with van der Waals surface area (Å²) >= 11 is 0. The topological polar surface area (TPSA) is 132 Å². The fourth-order valence-electron chi connectivity index (χ4n) is 7.95. The van der Waals surface area contributed by atoms with E-state index in [4.69, 9.17) is 14.2 Å². The fraction of sp³-hybridized carbons (Fsp3) is 1.00. The van der Waals surface area contributed by atoms with E-state index < -0.39 is 49.0 Å². The highest BCUT2D eigenvalue weighted by Gasteiger charge is 2.82. The molecule has 0 aromatic heterocycles. The van der Waals surface area contributed by atoms with Crippen LogP contribution in [0, 0.1) is 28.6 Å². The Labute approximate surface area is 170 Å². The lowest BCUT2D eigenvalue weighted by molar-refractivity contribution is -0.370. The van der Waals surface area contributed by atoms with Gasteiger partial charge in [-0.15, -0.1) is 0 Å². The molecule has 29 heavy (non-hydrogen) atoms. The van der Waals surface area contributed by atoms with Gasteiger partial charge in [-0.2, -0.15) is 0 Å². The van der Waals surface area contributed by atoms with E-state index in [0.29, 0.717) is 24.9 Å². The monoisotopic (exact) mass is 414 g/mol. The zero-order valence-electron chi connectivity index (χ0n) is 17.3. The van der Waals surface area contributed by atoms with Gasteiger partial charge in [0.05, 0.1) is 25.4 Å². The summed E-state index contributed by atoms with van der Waals surface area (Å²) in [5.74, 6) is 0.736. The minimum Gasteiger partial charge on any atom is -0.394 e. The van der Waals surface area contributed by atoms with E-state index in [1.807, 2.05) is 0 Å². The van der Waals surface area contributed by atoms with Crippen molar-refractivity contribution in [2.45, 2.75) is 88.5 Å². The van der Waals surface area contributed by atoms with Gasteiger partial charge < -0.3 is 39.7 Å². The maximum absolute atomic E-state index is 11.1. The van der Waals surface area contributed by atoms with E-state index in [1.54, 1.807) is 0 Å². The number of epoxide rings is 1. The Hall–Kier alpha value is -0.320. The van der Waals surface area contributed by atoms with Crippen LogP contribution in [0.2, 0.25) is 0 Å². The molecule has 5 aliphatic rings. The van der Waals surface area contributed by atoms with Gasteiger partial charge in [0.15, 0.2) is 6.29 Å². The van der Waals surface area contributed by atoms with Crippen LogP contribution >= 0.6 is 0 Å². The second-order valence-electron chi connectivity index (χ2n) is 10.7. The Morgan fingerprint density at radius 3 is 2.34 bits per heavy atom. The fourth-order valence-corrected chi connectivity index (χ4v) is 7.95. The molecule has 3 saturated carbocycles. The first kappa shape index (κ1) is 20.6. The third kappa shape index (κ3) is 2.43. The van der Waals surface area contributed by atoms with E-state index >= 15 is 0 Å². The first-order valence-electron chi connectivity index (χ1n) is 10.9. The largest absolute Gasteiger partial charge is 0.394 e. The summed E-state index contributed by atoms with van der Waals surface area (Å²) in [6.07, 6.45) is -4.80. The van der Waals surface area contributed by atoms with Crippen molar-refractivity contribution in [3.05, 3.63) is 0 Å². The van der Waals surface area contributed by atoms with Crippen molar-refractivity contribution in [3.63, 3.8) is 0 Å². The second kappa shape index (κ2) is 6.36. The summed E-state index contributed by atoms with van der Waals surface area (Å²) < 4.78 is 18.0. The molecule has 0 aromatic carbocycles. The van der Waals surface area contributed by atoms with Gasteiger partial charge >= 0.3 is 0 Å². The number of ether oxygens (including phenoxy) is 3. The number of hydrogen-bond donors (Lipinski definition) is 5. The normalized spacial score (nSPS) is 60.4. The number of aliphatic hydroxyl groups is 5. The molecule has 8 nitrogen and oxygen atoms in total. The maximum atomic E-state index is 11.1. The smallest absolute Gasteiger partial charge is 0.187 e. The van der Waals surface area contributed by atoms with Crippen molar-refractivity contribution in [1.82, 2.24) is 0 Å². The van der Waals surface area contributed by atoms with Gasteiger partial charge in [-0.3, -0.25) is 0 Å². The zero-order chi connectivity index (χ0) is 20.9. The molecule has 5 fully saturated rings. The molecular weight excluding hydrogens is 380 g/mol. The Balaban J connectivity index is 1.50. The lowest BCUT2D eigenvalue weighted by Crippen LogP contribution is -2.76. The average Bonchev–Trinajstić information content (AvgIpc) is 3.35. The first-order valence-corrected chi connectivity index (χ1v) is 10.9. The maximum Gasteiger partial charge on any atom is 0.187 e. The van der Waals surface area contributed by atoms with Gasteiger partial charge in [-0.05, 0) is 36.0 Å². The predicted octanol–water partition coefficient (Wildman–Crippen LogP) is -0.606. The van der Waals surface area contributed by atoms with E-state index in [0.717, 1.165) is 12.8 Å². The van der Waals surface area contributed by atoms with Gasteiger partial charge in [-0.25, -0.2) is 0 Å². The predicted molar refractivity (Wildman–Crippen MR) is 99.5 cm³/mol. The molecule has 0 aromatic rings. The minimum atomic E-state index is -1.47. The molecule has 3 aliphatic carbocycles. The molecule has 2 spiro atoms. The van der Waals surface area contributed by atoms with E-state index in [-0.39, 0.29) is 22.9 Å². The zero-order valence-corrected chi connectivity index (χ0v) is 17.3. The van der Waals surface area contributed by atoms with Crippen LogP contribution in [-0.4, -0.2) is 87.3 Å². The molecule has 0 amide bonds. The lowest BCUT2D eigenvalue weighted by atomic mass is 9.33. The van der Waals surface area contributed by atoms with E-state index in [9.17, 15) is 25.5 Å². The van der Waals surface area contributed by atoms with Crippen molar-refractivity contribution in [3.8, 4) is 0 Å². The van der Waals surface area contributed by atoms with Crippen LogP contribution in [0.15, 0.2) is 0 Å². The van der Waals surface area contributed by atoms with Crippen molar-refractivity contribution in [2.24, 2.45) is 28.6 Å². The Morgan fingerprint density at radius 1 is 1.03 bits per heavy atom. The Kier molecular flexibility index (Phi) is 4.51. The van der Waals surface area contributed by atoms with Gasteiger partial charge in [0.2, 0.25) is 0 Å². The molecule has 2 aliphatic heterocycles. The summed E-state index contributed by atoms with van der Waals surface area (Å²) in [4.78, 5) is 0. The molecule has 5 N–H and O–H groups in total. The van der Waals surface area contributed by atoms with E-state index in [2.05, 4.69) is 20.8 Å². The Bertz CT molecular complexity index is 663. The Morgan fingerprint density at radius 2 is 1.72 bits per heavy atom. The van der Waals surface area contributed by atoms with Crippen LogP contribution < -0.4 is 0 Å². The summed E-state index contributed by atoms with van der Waals surface area (Å²) in [5, 5.41) is 51.4. The quantitative estimate of drug-likeness (QED) is 0.387. The minimum absolute atomic E-state index is 0.0162. The molecule has 2 saturated heterocycles. The van der Waals surface area contributed by atoms with Crippen molar-refractivity contribution < 1.29 is 39.7 Å². The molecule has 0 bridgehead atoms. The van der Waals surface area contributed by atoms with Gasteiger partial charge in [0.25, 0.3) is 0 Å². The standard InChI is InChI=1S/C21H34O8/c1-9-4-5-12-19(2,3)16-10(23)6-20(8-27-20)18(21(9,12)16)29-17-15(26)14(25)13(24)11(7-22)28-17/h9-18,22-26H,4-8H2,1-3H3/t9?,10?,11-,12?,13-,14+,15-,16?,17+,18?,20?,21?/m1/s1. The van der Waals surface area contributed by atoms with Crippen LogP contribution in [0.25, 0.3) is 0 Å². The molecular formula is C21H34O8. The highest BCUT2D eigenvalue weighted by Crippen LogP contribution is 2.79. The molecule has 5 rings (SSSR count). The van der Waals surface area contributed by atoms with Crippen LogP contribution in [0.3, 0.4) is 0 Å². The highest BCUT2D eigenvalue weighted by molar-refractivity contribution is 5.29. The number of rotatable bonds is 3. The molecule has 0 radical (unpaired) electrons. The summed E-state index contributed by atoms with van der Waals surface area (Å²) in [7, 11) is 0.